The summed E-state index contributed by atoms with van der Waals surface area (Å²) in [4.78, 5) is 8.75. The maximum absolute atomic E-state index is 5.65. The first kappa shape index (κ1) is 11.0. The van der Waals surface area contributed by atoms with E-state index in [1.807, 2.05) is 17.5 Å². The Kier molecular flexibility index (Phi) is 3.72. The van der Waals surface area contributed by atoms with E-state index in [0.717, 1.165) is 27.3 Å². The van der Waals surface area contributed by atoms with Gasteiger partial charge in [-0.2, -0.15) is 0 Å². The first-order valence-electron chi connectivity index (χ1n) is 4.42. The normalized spacial score (nSPS) is 10.5. The quantitative estimate of drug-likeness (QED) is 0.807. The molecule has 2 aromatic heterocycles. The third-order valence-corrected chi connectivity index (χ3v) is 3.42. The molecular formula is C10H8BrClN2S. The fourth-order valence-electron chi connectivity index (χ4n) is 1.14. The van der Waals surface area contributed by atoms with Gasteiger partial charge < -0.3 is 0 Å². The third kappa shape index (κ3) is 2.77. The summed E-state index contributed by atoms with van der Waals surface area (Å²) in [5.74, 6) is 0.608. The Bertz CT molecular complexity index is 441. The van der Waals surface area contributed by atoms with E-state index in [9.17, 15) is 0 Å². The van der Waals surface area contributed by atoms with Crippen LogP contribution in [0, 0.1) is 0 Å². The maximum atomic E-state index is 5.65. The van der Waals surface area contributed by atoms with E-state index >= 15 is 0 Å². The van der Waals surface area contributed by atoms with Gasteiger partial charge in [0.2, 0.25) is 0 Å². The van der Waals surface area contributed by atoms with Crippen molar-refractivity contribution in [2.24, 2.45) is 0 Å². The van der Waals surface area contributed by atoms with Gasteiger partial charge in [-0.1, -0.05) is 0 Å². The van der Waals surface area contributed by atoms with Crippen molar-refractivity contribution >= 4 is 38.9 Å². The Morgan fingerprint density at radius 3 is 2.93 bits per heavy atom. The molecule has 0 aliphatic heterocycles. The van der Waals surface area contributed by atoms with Crippen LogP contribution >= 0.6 is 38.9 Å². The molecule has 0 spiro atoms. The zero-order valence-corrected chi connectivity index (χ0v) is 10.9. The molecule has 5 heteroatoms. The van der Waals surface area contributed by atoms with Gasteiger partial charge in [0.1, 0.15) is 5.01 Å². The third-order valence-electron chi connectivity index (χ3n) is 1.85. The predicted molar refractivity (Wildman–Crippen MR) is 67.5 cm³/mol. The summed E-state index contributed by atoms with van der Waals surface area (Å²) in [5.41, 5.74) is 1.94. The molecule has 2 rings (SSSR count). The molecule has 0 fully saturated rings. The van der Waals surface area contributed by atoms with Gasteiger partial charge in [-0.15, -0.1) is 22.9 Å². The monoisotopic (exact) mass is 302 g/mol. The van der Waals surface area contributed by atoms with Crippen LogP contribution < -0.4 is 0 Å². The van der Waals surface area contributed by atoms with Gasteiger partial charge in [0, 0.05) is 28.4 Å². The number of aromatic nitrogens is 2. The fraction of sp³-hybridized carbons (Fsp3) is 0.200. The minimum absolute atomic E-state index is 0.608. The number of thiazole rings is 1. The standard InChI is InChI=1S/C10H8BrClN2S/c11-7-1-2-9(13-5-7)10-14-8(3-4-12)6-15-10/h1-2,5-6H,3-4H2. The van der Waals surface area contributed by atoms with E-state index in [1.54, 1.807) is 17.5 Å². The summed E-state index contributed by atoms with van der Waals surface area (Å²) in [6.45, 7) is 0. The Morgan fingerprint density at radius 1 is 1.40 bits per heavy atom. The summed E-state index contributed by atoms with van der Waals surface area (Å²) in [7, 11) is 0. The molecule has 0 aromatic carbocycles. The first-order valence-corrected chi connectivity index (χ1v) is 6.62. The van der Waals surface area contributed by atoms with Crippen LogP contribution in [0.4, 0.5) is 0 Å². The van der Waals surface area contributed by atoms with Crippen LogP contribution in [0.15, 0.2) is 28.2 Å². The number of pyridine rings is 1. The second-order valence-corrected chi connectivity index (χ2v) is 5.10. The SMILES string of the molecule is ClCCc1csc(-c2ccc(Br)cn2)n1. The Morgan fingerprint density at radius 2 is 2.27 bits per heavy atom. The molecule has 78 valence electrons. The lowest BCUT2D eigenvalue weighted by molar-refractivity contribution is 1.07. The largest absolute Gasteiger partial charge is 0.253 e. The first-order chi connectivity index (χ1) is 7.29. The number of aryl methyl sites for hydroxylation is 1. The van der Waals surface area contributed by atoms with E-state index in [4.69, 9.17) is 11.6 Å². The molecule has 0 bridgehead atoms. The van der Waals surface area contributed by atoms with Crippen LogP contribution in [0.5, 0.6) is 0 Å². The number of alkyl halides is 1. The summed E-state index contributed by atoms with van der Waals surface area (Å²) in [5, 5.41) is 2.98. The zero-order chi connectivity index (χ0) is 10.7. The molecule has 0 aliphatic rings. The highest BCUT2D eigenvalue weighted by molar-refractivity contribution is 9.10. The van der Waals surface area contributed by atoms with Crippen LogP contribution in [0.1, 0.15) is 5.69 Å². The number of halogens is 2. The molecular weight excluding hydrogens is 296 g/mol. The molecule has 0 aliphatic carbocycles. The van der Waals surface area contributed by atoms with E-state index < -0.39 is 0 Å². The van der Waals surface area contributed by atoms with Crippen molar-refractivity contribution in [3.63, 3.8) is 0 Å². The average molecular weight is 304 g/mol. The minimum Gasteiger partial charge on any atom is -0.253 e. The minimum atomic E-state index is 0.608. The summed E-state index contributed by atoms with van der Waals surface area (Å²) in [6.07, 6.45) is 2.59. The van der Waals surface area contributed by atoms with Crippen molar-refractivity contribution in [2.45, 2.75) is 6.42 Å². The molecule has 0 N–H and O–H groups in total. The van der Waals surface area contributed by atoms with Crippen LogP contribution in [0.2, 0.25) is 0 Å². The average Bonchev–Trinajstić information content (AvgIpc) is 2.68. The lowest BCUT2D eigenvalue weighted by Crippen LogP contribution is -1.87. The Labute approximate surface area is 105 Å². The lowest BCUT2D eigenvalue weighted by atomic mass is 10.3. The second-order valence-electron chi connectivity index (χ2n) is 2.94. The van der Waals surface area contributed by atoms with Crippen LogP contribution in [-0.4, -0.2) is 15.8 Å². The smallest absolute Gasteiger partial charge is 0.142 e. The highest BCUT2D eigenvalue weighted by atomic mass is 79.9. The van der Waals surface area contributed by atoms with Gasteiger partial charge in [-0.25, -0.2) is 4.98 Å². The van der Waals surface area contributed by atoms with E-state index in [1.165, 1.54) is 0 Å². The summed E-state index contributed by atoms with van der Waals surface area (Å²) in [6, 6.07) is 3.92. The van der Waals surface area contributed by atoms with E-state index in [-0.39, 0.29) is 0 Å². The zero-order valence-electron chi connectivity index (χ0n) is 7.78. The van der Waals surface area contributed by atoms with Gasteiger partial charge >= 0.3 is 0 Å². The van der Waals surface area contributed by atoms with Gasteiger partial charge in [-0.3, -0.25) is 4.98 Å². The molecule has 0 unspecified atom stereocenters. The van der Waals surface area contributed by atoms with Crippen molar-refractivity contribution < 1.29 is 0 Å². The molecule has 0 saturated heterocycles. The Hall–Kier alpha value is -0.450. The molecule has 2 heterocycles. The molecule has 15 heavy (non-hydrogen) atoms. The fourth-order valence-corrected chi connectivity index (χ4v) is 2.40. The van der Waals surface area contributed by atoms with E-state index in [2.05, 4.69) is 25.9 Å². The van der Waals surface area contributed by atoms with Crippen LogP contribution in [-0.2, 0) is 6.42 Å². The molecule has 0 amide bonds. The molecule has 2 nitrogen and oxygen atoms in total. The number of nitrogens with zero attached hydrogens (tertiary/aromatic N) is 2. The molecule has 0 atom stereocenters. The predicted octanol–water partition coefficient (Wildman–Crippen LogP) is 3.75. The van der Waals surface area contributed by atoms with Gasteiger partial charge in [0.05, 0.1) is 11.4 Å². The van der Waals surface area contributed by atoms with Crippen molar-refractivity contribution in [1.29, 1.82) is 0 Å². The van der Waals surface area contributed by atoms with Gasteiger partial charge in [-0.05, 0) is 28.1 Å². The number of rotatable bonds is 3. The van der Waals surface area contributed by atoms with Crippen LogP contribution in [0.3, 0.4) is 0 Å². The van der Waals surface area contributed by atoms with Gasteiger partial charge in [0.15, 0.2) is 0 Å². The molecule has 0 radical (unpaired) electrons. The van der Waals surface area contributed by atoms with Crippen molar-refractivity contribution in [3.05, 3.63) is 33.9 Å². The molecule has 0 saturated carbocycles. The highest BCUT2D eigenvalue weighted by Crippen LogP contribution is 2.23. The summed E-state index contributed by atoms with van der Waals surface area (Å²) < 4.78 is 0.976. The Balaban J connectivity index is 2.25. The van der Waals surface area contributed by atoms with Crippen molar-refractivity contribution in [2.75, 3.05) is 5.88 Å². The maximum Gasteiger partial charge on any atom is 0.142 e. The van der Waals surface area contributed by atoms with E-state index in [0.29, 0.717) is 5.88 Å². The van der Waals surface area contributed by atoms with Gasteiger partial charge in [0.25, 0.3) is 0 Å². The summed E-state index contributed by atoms with van der Waals surface area (Å²) >= 11 is 10.6. The van der Waals surface area contributed by atoms with Crippen molar-refractivity contribution in [1.82, 2.24) is 9.97 Å². The highest BCUT2D eigenvalue weighted by Gasteiger charge is 2.05. The topological polar surface area (TPSA) is 25.8 Å². The lowest BCUT2D eigenvalue weighted by Gasteiger charge is -1.94. The molecule has 2 aromatic rings. The van der Waals surface area contributed by atoms with Crippen LogP contribution in [0.25, 0.3) is 10.7 Å². The number of hydrogen-bond donors (Lipinski definition) is 0. The second kappa shape index (κ2) is 5.05. The van der Waals surface area contributed by atoms with Crippen molar-refractivity contribution in [3.8, 4) is 10.7 Å². The number of hydrogen-bond acceptors (Lipinski definition) is 3.